The Morgan fingerprint density at radius 3 is 2.75 bits per heavy atom. The number of rotatable bonds is 5. The minimum Gasteiger partial charge on any atom is -0.467 e. The second kappa shape index (κ2) is 5.53. The number of hydrogen-bond donors (Lipinski definition) is 1. The van der Waals surface area contributed by atoms with Crippen LogP contribution in [-0.2, 0) is 9.53 Å². The Hall–Kier alpha value is -1.52. The van der Waals surface area contributed by atoms with Crippen LogP contribution in [0.5, 0.6) is 0 Å². The van der Waals surface area contributed by atoms with Crippen LogP contribution >= 0.6 is 0 Å². The first-order valence-electron chi connectivity index (χ1n) is 5.47. The summed E-state index contributed by atoms with van der Waals surface area (Å²) in [5, 5.41) is 7.29. The number of hydrogen-bond acceptors (Lipinski definition) is 4. The maximum absolute atomic E-state index is 11.4. The fourth-order valence-corrected chi connectivity index (χ4v) is 1.37. The van der Waals surface area contributed by atoms with Gasteiger partial charge in [0.15, 0.2) is 0 Å². The fraction of sp³-hybridized carbons (Fsp3) is 0.636. The molecule has 1 N–H and O–H groups in total. The summed E-state index contributed by atoms with van der Waals surface area (Å²) in [6.07, 6.45) is 4.28. The van der Waals surface area contributed by atoms with Crippen LogP contribution in [0.4, 0.5) is 5.69 Å². The van der Waals surface area contributed by atoms with Crippen molar-refractivity contribution in [3.05, 3.63) is 12.4 Å². The molecule has 0 aliphatic carbocycles. The van der Waals surface area contributed by atoms with Crippen molar-refractivity contribution in [3.8, 4) is 0 Å². The molecule has 1 rings (SSSR count). The van der Waals surface area contributed by atoms with Gasteiger partial charge in [0, 0.05) is 12.2 Å². The van der Waals surface area contributed by atoms with E-state index in [2.05, 4.69) is 10.4 Å². The number of esters is 1. The fourth-order valence-electron chi connectivity index (χ4n) is 1.37. The number of nitrogens with zero attached hydrogens (tertiary/aromatic N) is 2. The average molecular weight is 225 g/mol. The molecule has 0 bridgehead atoms. The van der Waals surface area contributed by atoms with E-state index in [1.54, 1.807) is 6.20 Å². The molecular weight excluding hydrogens is 206 g/mol. The van der Waals surface area contributed by atoms with E-state index in [1.807, 2.05) is 31.6 Å². The number of aromatic nitrogens is 2. The molecule has 0 saturated heterocycles. The lowest BCUT2D eigenvalue weighted by atomic mass is 10.2. The molecule has 0 saturated carbocycles. The van der Waals surface area contributed by atoms with Crippen LogP contribution in [0.25, 0.3) is 0 Å². The SMILES string of the molecule is CCC(Nc1cnn(C(C)C)c1)C(=O)OC. The van der Waals surface area contributed by atoms with E-state index >= 15 is 0 Å². The van der Waals surface area contributed by atoms with E-state index in [0.29, 0.717) is 12.5 Å². The van der Waals surface area contributed by atoms with Gasteiger partial charge in [-0.3, -0.25) is 4.68 Å². The standard InChI is InChI=1S/C11H19N3O2/c1-5-10(11(15)16-4)13-9-6-12-14(7-9)8(2)3/h6-8,10,13H,5H2,1-4H3. The highest BCUT2D eigenvalue weighted by atomic mass is 16.5. The van der Waals surface area contributed by atoms with Crippen LogP contribution in [0.15, 0.2) is 12.4 Å². The molecule has 5 heteroatoms. The number of carbonyl (C=O) groups is 1. The van der Waals surface area contributed by atoms with Gasteiger partial charge in [-0.1, -0.05) is 6.92 Å². The van der Waals surface area contributed by atoms with Crippen LogP contribution in [0, 0.1) is 0 Å². The summed E-state index contributed by atoms with van der Waals surface area (Å²) in [6.45, 7) is 6.03. The van der Waals surface area contributed by atoms with Crippen LogP contribution < -0.4 is 5.32 Å². The van der Waals surface area contributed by atoms with Crippen molar-refractivity contribution in [1.29, 1.82) is 0 Å². The molecule has 0 aliphatic rings. The molecule has 1 atom stereocenters. The van der Waals surface area contributed by atoms with Gasteiger partial charge in [0.1, 0.15) is 6.04 Å². The Kier molecular flexibility index (Phi) is 4.34. The van der Waals surface area contributed by atoms with Crippen LogP contribution in [0.3, 0.4) is 0 Å². The summed E-state index contributed by atoms with van der Waals surface area (Å²) in [7, 11) is 1.39. The zero-order valence-corrected chi connectivity index (χ0v) is 10.2. The van der Waals surface area contributed by atoms with Gasteiger partial charge in [-0.05, 0) is 20.3 Å². The van der Waals surface area contributed by atoms with Gasteiger partial charge in [-0.25, -0.2) is 4.79 Å². The van der Waals surface area contributed by atoms with Gasteiger partial charge in [-0.15, -0.1) is 0 Å². The van der Waals surface area contributed by atoms with Gasteiger partial charge in [0.25, 0.3) is 0 Å². The zero-order chi connectivity index (χ0) is 12.1. The van der Waals surface area contributed by atoms with E-state index in [1.165, 1.54) is 7.11 Å². The minimum atomic E-state index is -0.310. The quantitative estimate of drug-likeness (QED) is 0.777. The number of nitrogens with one attached hydrogen (secondary N) is 1. The maximum Gasteiger partial charge on any atom is 0.328 e. The summed E-state index contributed by atoms with van der Waals surface area (Å²) < 4.78 is 6.54. The minimum absolute atomic E-state index is 0.250. The molecule has 1 heterocycles. The van der Waals surface area contributed by atoms with Gasteiger partial charge >= 0.3 is 5.97 Å². The largest absolute Gasteiger partial charge is 0.467 e. The Morgan fingerprint density at radius 1 is 1.62 bits per heavy atom. The second-order valence-corrected chi connectivity index (χ2v) is 3.93. The van der Waals surface area contributed by atoms with E-state index in [-0.39, 0.29) is 12.0 Å². The van der Waals surface area contributed by atoms with Gasteiger partial charge in [-0.2, -0.15) is 5.10 Å². The van der Waals surface area contributed by atoms with Crippen molar-refractivity contribution in [3.63, 3.8) is 0 Å². The van der Waals surface area contributed by atoms with Gasteiger partial charge in [0.2, 0.25) is 0 Å². The molecule has 90 valence electrons. The average Bonchev–Trinajstić information content (AvgIpc) is 2.73. The van der Waals surface area contributed by atoms with Crippen molar-refractivity contribution < 1.29 is 9.53 Å². The number of ether oxygens (including phenoxy) is 1. The Labute approximate surface area is 95.8 Å². The predicted octanol–water partition coefficient (Wildman–Crippen LogP) is 1.83. The maximum atomic E-state index is 11.4. The smallest absolute Gasteiger partial charge is 0.328 e. The van der Waals surface area contributed by atoms with Crippen molar-refractivity contribution in [2.75, 3.05) is 12.4 Å². The first-order chi connectivity index (χ1) is 7.58. The first-order valence-corrected chi connectivity index (χ1v) is 5.47. The first kappa shape index (κ1) is 12.5. The van der Waals surface area contributed by atoms with E-state index in [9.17, 15) is 4.79 Å². The molecule has 1 aromatic rings. The monoisotopic (exact) mass is 225 g/mol. The lowest BCUT2D eigenvalue weighted by Gasteiger charge is -2.13. The van der Waals surface area contributed by atoms with Crippen molar-refractivity contribution in [2.24, 2.45) is 0 Å². The number of methoxy groups -OCH3 is 1. The summed E-state index contributed by atoms with van der Waals surface area (Å²) in [5.74, 6) is -0.250. The summed E-state index contributed by atoms with van der Waals surface area (Å²) in [6, 6.07) is 0.00330. The van der Waals surface area contributed by atoms with Crippen LogP contribution in [0.2, 0.25) is 0 Å². The highest BCUT2D eigenvalue weighted by molar-refractivity contribution is 5.78. The molecule has 0 aromatic carbocycles. The van der Waals surface area contributed by atoms with Crippen LogP contribution in [0.1, 0.15) is 33.2 Å². The molecule has 0 fully saturated rings. The zero-order valence-electron chi connectivity index (χ0n) is 10.2. The van der Waals surface area contributed by atoms with E-state index < -0.39 is 0 Å². The Bertz CT molecular complexity index is 347. The van der Waals surface area contributed by atoms with Crippen molar-refractivity contribution in [2.45, 2.75) is 39.3 Å². The molecule has 16 heavy (non-hydrogen) atoms. The predicted molar refractivity (Wildman–Crippen MR) is 62.3 cm³/mol. The molecule has 5 nitrogen and oxygen atoms in total. The van der Waals surface area contributed by atoms with Crippen LogP contribution in [-0.4, -0.2) is 28.9 Å². The highest BCUT2D eigenvalue weighted by Gasteiger charge is 2.17. The lowest BCUT2D eigenvalue weighted by Crippen LogP contribution is -2.29. The Balaban J connectivity index is 2.67. The molecule has 1 unspecified atom stereocenters. The van der Waals surface area contributed by atoms with Crippen molar-refractivity contribution in [1.82, 2.24) is 9.78 Å². The normalized spacial score (nSPS) is 12.6. The number of carbonyl (C=O) groups excluding carboxylic acids is 1. The van der Waals surface area contributed by atoms with E-state index in [4.69, 9.17) is 4.74 Å². The third-order valence-corrected chi connectivity index (χ3v) is 2.37. The molecule has 0 spiro atoms. The topological polar surface area (TPSA) is 56.2 Å². The second-order valence-electron chi connectivity index (χ2n) is 3.93. The third-order valence-electron chi connectivity index (χ3n) is 2.37. The summed E-state index contributed by atoms with van der Waals surface area (Å²) >= 11 is 0. The van der Waals surface area contributed by atoms with Gasteiger partial charge in [0.05, 0.1) is 19.0 Å². The molecule has 0 aliphatic heterocycles. The lowest BCUT2D eigenvalue weighted by molar-refractivity contribution is -0.141. The Morgan fingerprint density at radius 2 is 2.31 bits per heavy atom. The molecule has 0 amide bonds. The molecule has 0 radical (unpaired) electrons. The molecular formula is C11H19N3O2. The highest BCUT2D eigenvalue weighted by Crippen LogP contribution is 2.12. The number of anilines is 1. The third kappa shape index (κ3) is 2.98. The summed E-state index contributed by atoms with van der Waals surface area (Å²) in [4.78, 5) is 11.4. The van der Waals surface area contributed by atoms with E-state index in [0.717, 1.165) is 5.69 Å². The van der Waals surface area contributed by atoms with Gasteiger partial charge < -0.3 is 10.1 Å². The summed E-state index contributed by atoms with van der Waals surface area (Å²) in [5.41, 5.74) is 0.839. The van der Waals surface area contributed by atoms with Crippen molar-refractivity contribution >= 4 is 11.7 Å². The molecule has 1 aromatic heterocycles.